The molecular weight excluding hydrogens is 266 g/mol. The fraction of sp³-hybridized carbons (Fsp3) is 0.875. The molecule has 0 aliphatic carbocycles. The first-order chi connectivity index (χ1) is 9.69. The van der Waals surface area contributed by atoms with E-state index in [0.29, 0.717) is 18.9 Å². The third-order valence-corrected chi connectivity index (χ3v) is 3.32. The lowest BCUT2D eigenvalue weighted by atomic mass is 9.94. The van der Waals surface area contributed by atoms with Crippen molar-refractivity contribution in [2.75, 3.05) is 6.54 Å². The Bertz CT molecular complexity index is 318. The summed E-state index contributed by atoms with van der Waals surface area (Å²) in [7, 11) is 0. The van der Waals surface area contributed by atoms with E-state index in [1.54, 1.807) is 6.92 Å². The zero-order chi connectivity index (χ0) is 16.5. The van der Waals surface area contributed by atoms with Crippen LogP contribution in [0.3, 0.4) is 0 Å². The normalized spacial score (nSPS) is 14.4. The molecule has 5 nitrogen and oxygen atoms in total. The van der Waals surface area contributed by atoms with Crippen molar-refractivity contribution in [3.8, 4) is 0 Å². The lowest BCUT2D eigenvalue weighted by Gasteiger charge is -2.24. The van der Waals surface area contributed by atoms with Crippen LogP contribution in [0.5, 0.6) is 0 Å². The van der Waals surface area contributed by atoms with Gasteiger partial charge < -0.3 is 16.4 Å². The Morgan fingerprint density at radius 3 is 2.24 bits per heavy atom. The van der Waals surface area contributed by atoms with Gasteiger partial charge in [-0.25, -0.2) is 0 Å². The summed E-state index contributed by atoms with van der Waals surface area (Å²) in [5.41, 5.74) is 5.30. The highest BCUT2D eigenvalue weighted by atomic mass is 16.2. The molecular formula is C16H33N3O2. The van der Waals surface area contributed by atoms with Crippen molar-refractivity contribution in [3.05, 3.63) is 0 Å². The molecule has 0 radical (unpaired) electrons. The van der Waals surface area contributed by atoms with E-state index in [2.05, 4.69) is 17.6 Å². The van der Waals surface area contributed by atoms with Gasteiger partial charge in [0.05, 0.1) is 0 Å². The largest absolute Gasteiger partial charge is 0.350 e. The van der Waals surface area contributed by atoms with E-state index in [0.717, 1.165) is 25.7 Å². The molecule has 2 unspecified atom stereocenters. The lowest BCUT2D eigenvalue weighted by molar-refractivity contribution is -0.129. The van der Waals surface area contributed by atoms with E-state index in [9.17, 15) is 9.59 Å². The molecule has 0 spiro atoms. The Morgan fingerprint density at radius 2 is 1.76 bits per heavy atom. The van der Waals surface area contributed by atoms with Crippen molar-refractivity contribution < 1.29 is 9.59 Å². The van der Waals surface area contributed by atoms with E-state index >= 15 is 0 Å². The molecule has 0 aromatic heterocycles. The molecule has 4 N–H and O–H groups in total. The number of hydrogen-bond donors (Lipinski definition) is 3. The number of carbonyl (C=O) groups is 2. The van der Waals surface area contributed by atoms with Crippen molar-refractivity contribution in [1.29, 1.82) is 0 Å². The highest BCUT2D eigenvalue weighted by molar-refractivity contribution is 5.87. The van der Waals surface area contributed by atoms with Crippen LogP contribution in [0.25, 0.3) is 0 Å². The second kappa shape index (κ2) is 9.77. The smallest absolute Gasteiger partial charge is 0.242 e. The number of nitrogens with two attached hydrogens (primary N) is 1. The first kappa shape index (κ1) is 19.9. The molecule has 0 aliphatic heterocycles. The molecule has 0 aliphatic rings. The van der Waals surface area contributed by atoms with Crippen LogP contribution in [0.1, 0.15) is 66.7 Å². The second-order valence-electron chi connectivity index (χ2n) is 6.80. The fourth-order valence-electron chi connectivity index (χ4n) is 2.27. The third kappa shape index (κ3) is 10.3. The van der Waals surface area contributed by atoms with Crippen LogP contribution in [0.4, 0.5) is 0 Å². The van der Waals surface area contributed by atoms with Gasteiger partial charge in [0, 0.05) is 12.0 Å². The molecule has 2 amide bonds. The van der Waals surface area contributed by atoms with Crippen molar-refractivity contribution in [1.82, 2.24) is 10.6 Å². The van der Waals surface area contributed by atoms with Gasteiger partial charge in [-0.3, -0.25) is 9.59 Å². The Kier molecular flexibility index (Phi) is 9.26. The molecule has 0 rings (SSSR count). The first-order valence-electron chi connectivity index (χ1n) is 8.01. The minimum absolute atomic E-state index is 0.0651. The van der Waals surface area contributed by atoms with Gasteiger partial charge in [0.25, 0.3) is 0 Å². The van der Waals surface area contributed by atoms with Gasteiger partial charge >= 0.3 is 0 Å². The average Bonchev–Trinajstić information content (AvgIpc) is 2.34. The number of hydrogen-bond acceptors (Lipinski definition) is 3. The average molecular weight is 299 g/mol. The Balaban J connectivity index is 4.15. The Hall–Kier alpha value is -1.10. The first-order valence-corrected chi connectivity index (χ1v) is 8.01. The molecule has 21 heavy (non-hydrogen) atoms. The van der Waals surface area contributed by atoms with Crippen molar-refractivity contribution in [2.24, 2.45) is 11.7 Å². The van der Waals surface area contributed by atoms with Gasteiger partial charge in [-0.05, 0) is 53.0 Å². The summed E-state index contributed by atoms with van der Waals surface area (Å²) in [6, 6.07) is -0.504. The molecule has 0 saturated carbocycles. The maximum atomic E-state index is 11.9. The third-order valence-electron chi connectivity index (χ3n) is 3.32. The van der Waals surface area contributed by atoms with Crippen LogP contribution < -0.4 is 16.4 Å². The Morgan fingerprint density at radius 1 is 1.14 bits per heavy atom. The van der Waals surface area contributed by atoms with E-state index in [-0.39, 0.29) is 17.4 Å². The SMILES string of the molecule is CCCC(CCN)CCC(=O)NC(C)C(=O)NC(C)(C)C. The van der Waals surface area contributed by atoms with Gasteiger partial charge in [-0.2, -0.15) is 0 Å². The van der Waals surface area contributed by atoms with Crippen LogP contribution in [0, 0.1) is 5.92 Å². The zero-order valence-electron chi connectivity index (χ0n) is 14.3. The summed E-state index contributed by atoms with van der Waals surface area (Å²) < 4.78 is 0. The summed E-state index contributed by atoms with van der Waals surface area (Å²) in [5.74, 6) is 0.289. The number of carbonyl (C=O) groups excluding carboxylic acids is 2. The Labute approximate surface area is 129 Å². The summed E-state index contributed by atoms with van der Waals surface area (Å²) in [4.78, 5) is 23.8. The number of nitrogens with one attached hydrogen (secondary N) is 2. The van der Waals surface area contributed by atoms with Crippen LogP contribution in [-0.4, -0.2) is 29.9 Å². The van der Waals surface area contributed by atoms with E-state index in [4.69, 9.17) is 5.73 Å². The quantitative estimate of drug-likeness (QED) is 0.608. The lowest BCUT2D eigenvalue weighted by Crippen LogP contribution is -2.50. The minimum Gasteiger partial charge on any atom is -0.350 e. The summed E-state index contributed by atoms with van der Waals surface area (Å²) in [6.07, 6.45) is 4.46. The van der Waals surface area contributed by atoms with Crippen molar-refractivity contribution in [2.45, 2.75) is 78.3 Å². The van der Waals surface area contributed by atoms with E-state index in [1.807, 2.05) is 20.8 Å². The monoisotopic (exact) mass is 299 g/mol. The van der Waals surface area contributed by atoms with Crippen LogP contribution in [0.2, 0.25) is 0 Å². The number of amides is 2. The second-order valence-corrected chi connectivity index (χ2v) is 6.80. The molecule has 0 saturated heterocycles. The van der Waals surface area contributed by atoms with Gasteiger partial charge in [-0.1, -0.05) is 19.8 Å². The van der Waals surface area contributed by atoms with Gasteiger partial charge in [0.1, 0.15) is 6.04 Å². The van der Waals surface area contributed by atoms with Crippen LogP contribution >= 0.6 is 0 Å². The van der Waals surface area contributed by atoms with Gasteiger partial charge in [-0.15, -0.1) is 0 Å². The summed E-state index contributed by atoms with van der Waals surface area (Å²) in [6.45, 7) is 10.3. The van der Waals surface area contributed by atoms with Gasteiger partial charge in [0.15, 0.2) is 0 Å². The summed E-state index contributed by atoms with van der Waals surface area (Å²) in [5, 5.41) is 5.62. The predicted molar refractivity (Wildman–Crippen MR) is 86.8 cm³/mol. The standard InChI is InChI=1S/C16H33N3O2/c1-6-7-13(10-11-17)8-9-14(20)18-12(2)15(21)19-16(3,4)5/h12-13H,6-11,17H2,1-5H3,(H,18,20)(H,19,21). The minimum atomic E-state index is -0.504. The topological polar surface area (TPSA) is 84.2 Å². The highest BCUT2D eigenvalue weighted by Gasteiger charge is 2.20. The van der Waals surface area contributed by atoms with Gasteiger partial charge in [0.2, 0.25) is 11.8 Å². The predicted octanol–water partition coefficient (Wildman–Crippen LogP) is 1.95. The fourth-order valence-corrected chi connectivity index (χ4v) is 2.27. The molecule has 5 heteroatoms. The summed E-state index contributed by atoms with van der Waals surface area (Å²) >= 11 is 0. The molecule has 0 heterocycles. The zero-order valence-corrected chi connectivity index (χ0v) is 14.3. The maximum Gasteiger partial charge on any atom is 0.242 e. The molecule has 2 atom stereocenters. The van der Waals surface area contributed by atoms with Crippen molar-refractivity contribution >= 4 is 11.8 Å². The van der Waals surface area contributed by atoms with E-state index < -0.39 is 6.04 Å². The van der Waals surface area contributed by atoms with Crippen LogP contribution in [-0.2, 0) is 9.59 Å². The van der Waals surface area contributed by atoms with E-state index in [1.165, 1.54) is 0 Å². The maximum absolute atomic E-state index is 11.9. The molecule has 0 fully saturated rings. The number of rotatable bonds is 9. The molecule has 124 valence electrons. The highest BCUT2D eigenvalue weighted by Crippen LogP contribution is 2.16. The molecule has 0 aromatic rings. The molecule has 0 bridgehead atoms. The molecule has 0 aromatic carbocycles. The van der Waals surface area contributed by atoms with Crippen molar-refractivity contribution in [3.63, 3.8) is 0 Å². The van der Waals surface area contributed by atoms with Crippen LogP contribution in [0.15, 0.2) is 0 Å².